The summed E-state index contributed by atoms with van der Waals surface area (Å²) in [6.07, 6.45) is 1.87. The van der Waals surface area contributed by atoms with E-state index in [4.69, 9.17) is 4.74 Å². The molecule has 0 unspecified atom stereocenters. The number of azo groups is 1. The Morgan fingerprint density at radius 3 is 2.73 bits per heavy atom. The SMILES string of the molecule is COC(=O)c1ccccc1N=Nc1c(C)nc2ccccn12. The maximum absolute atomic E-state index is 11.7. The third-order valence-corrected chi connectivity index (χ3v) is 3.23. The molecule has 0 amide bonds. The van der Waals surface area contributed by atoms with E-state index in [9.17, 15) is 4.79 Å². The van der Waals surface area contributed by atoms with Gasteiger partial charge in [-0.2, -0.15) is 0 Å². The molecule has 0 aliphatic carbocycles. The summed E-state index contributed by atoms with van der Waals surface area (Å²) in [6.45, 7) is 1.87. The molecule has 0 fully saturated rings. The van der Waals surface area contributed by atoms with E-state index in [1.807, 2.05) is 35.7 Å². The molecule has 6 heteroatoms. The predicted octanol–water partition coefficient (Wildman–Crippen LogP) is 3.84. The number of aryl methyl sites for hydroxylation is 1. The Kier molecular flexibility index (Phi) is 3.65. The predicted molar refractivity (Wildman–Crippen MR) is 81.9 cm³/mol. The molecule has 0 atom stereocenters. The Bertz CT molecular complexity index is 867. The molecule has 0 aliphatic rings. The summed E-state index contributed by atoms with van der Waals surface area (Å²) in [7, 11) is 1.34. The van der Waals surface area contributed by atoms with Gasteiger partial charge in [-0.3, -0.25) is 4.40 Å². The van der Waals surface area contributed by atoms with Crippen LogP contribution in [0.1, 0.15) is 16.1 Å². The van der Waals surface area contributed by atoms with Crippen molar-refractivity contribution in [3.63, 3.8) is 0 Å². The average molecular weight is 294 g/mol. The Morgan fingerprint density at radius 1 is 1.14 bits per heavy atom. The first kappa shape index (κ1) is 13.9. The average Bonchev–Trinajstić information content (AvgIpc) is 2.87. The van der Waals surface area contributed by atoms with Gasteiger partial charge in [-0.05, 0) is 31.2 Å². The Hall–Kier alpha value is -3.02. The maximum Gasteiger partial charge on any atom is 0.340 e. The Morgan fingerprint density at radius 2 is 1.91 bits per heavy atom. The third kappa shape index (κ3) is 2.46. The summed E-state index contributed by atoms with van der Waals surface area (Å²) >= 11 is 0. The molecule has 22 heavy (non-hydrogen) atoms. The molecule has 0 radical (unpaired) electrons. The van der Waals surface area contributed by atoms with E-state index in [1.165, 1.54) is 7.11 Å². The van der Waals surface area contributed by atoms with Crippen molar-refractivity contribution >= 4 is 23.1 Å². The van der Waals surface area contributed by atoms with E-state index in [0.717, 1.165) is 11.3 Å². The van der Waals surface area contributed by atoms with Gasteiger partial charge in [0.2, 0.25) is 0 Å². The first-order valence-electron chi connectivity index (χ1n) is 6.73. The number of fused-ring (bicyclic) bond motifs is 1. The lowest BCUT2D eigenvalue weighted by Gasteiger charge is -2.02. The minimum atomic E-state index is -0.440. The number of hydrogen-bond donors (Lipinski definition) is 0. The van der Waals surface area contributed by atoms with Crippen molar-refractivity contribution in [3.8, 4) is 0 Å². The summed E-state index contributed by atoms with van der Waals surface area (Å²) in [5.41, 5.74) is 2.40. The molecule has 1 aromatic carbocycles. The zero-order valence-electron chi connectivity index (χ0n) is 12.2. The quantitative estimate of drug-likeness (QED) is 0.544. The van der Waals surface area contributed by atoms with E-state index >= 15 is 0 Å². The van der Waals surface area contributed by atoms with Crippen molar-refractivity contribution in [2.45, 2.75) is 6.92 Å². The number of imidazole rings is 1. The van der Waals surface area contributed by atoms with Crippen molar-refractivity contribution in [2.24, 2.45) is 10.2 Å². The number of pyridine rings is 1. The van der Waals surface area contributed by atoms with Crippen LogP contribution in [0.5, 0.6) is 0 Å². The number of ether oxygens (including phenoxy) is 1. The number of carbonyl (C=O) groups excluding carboxylic acids is 1. The lowest BCUT2D eigenvalue weighted by Crippen LogP contribution is -2.00. The van der Waals surface area contributed by atoms with Crippen molar-refractivity contribution in [2.75, 3.05) is 7.11 Å². The highest BCUT2D eigenvalue weighted by Gasteiger charge is 2.11. The van der Waals surface area contributed by atoms with Gasteiger partial charge in [0.15, 0.2) is 5.82 Å². The molecule has 110 valence electrons. The van der Waals surface area contributed by atoms with E-state index < -0.39 is 5.97 Å². The molecule has 0 aliphatic heterocycles. The fourth-order valence-corrected chi connectivity index (χ4v) is 2.17. The van der Waals surface area contributed by atoms with Crippen LogP contribution < -0.4 is 0 Å². The summed E-state index contributed by atoms with van der Waals surface area (Å²) in [5, 5.41) is 8.45. The van der Waals surface area contributed by atoms with Crippen LogP contribution >= 0.6 is 0 Å². The van der Waals surface area contributed by atoms with Gasteiger partial charge in [-0.1, -0.05) is 18.2 Å². The second-order valence-electron chi connectivity index (χ2n) is 4.66. The largest absolute Gasteiger partial charge is 0.465 e. The van der Waals surface area contributed by atoms with Gasteiger partial charge in [-0.25, -0.2) is 9.78 Å². The molecule has 0 bridgehead atoms. The van der Waals surface area contributed by atoms with Crippen LogP contribution in [0.4, 0.5) is 11.5 Å². The van der Waals surface area contributed by atoms with Crippen LogP contribution in [0.3, 0.4) is 0 Å². The van der Waals surface area contributed by atoms with Crippen LogP contribution in [0.25, 0.3) is 5.65 Å². The summed E-state index contributed by atoms with van der Waals surface area (Å²) in [5.74, 6) is 0.194. The molecule has 0 N–H and O–H groups in total. The monoisotopic (exact) mass is 294 g/mol. The highest BCUT2D eigenvalue weighted by atomic mass is 16.5. The normalized spacial score (nSPS) is 11.2. The molecular weight excluding hydrogens is 280 g/mol. The standard InChI is InChI=1S/C16H14N4O2/c1-11-15(20-10-6-5-9-14(20)17-11)19-18-13-8-4-3-7-12(13)16(21)22-2/h3-10H,1-2H3. The van der Waals surface area contributed by atoms with E-state index in [-0.39, 0.29) is 0 Å². The number of methoxy groups -OCH3 is 1. The molecule has 3 rings (SSSR count). The topological polar surface area (TPSA) is 68.3 Å². The van der Waals surface area contributed by atoms with Gasteiger partial charge in [0.25, 0.3) is 0 Å². The first-order valence-corrected chi connectivity index (χ1v) is 6.73. The van der Waals surface area contributed by atoms with Gasteiger partial charge in [0.1, 0.15) is 11.3 Å². The van der Waals surface area contributed by atoms with Crippen molar-refractivity contribution in [1.82, 2.24) is 9.38 Å². The van der Waals surface area contributed by atoms with Crippen molar-refractivity contribution in [3.05, 3.63) is 59.9 Å². The summed E-state index contributed by atoms with van der Waals surface area (Å²) < 4.78 is 6.60. The third-order valence-electron chi connectivity index (χ3n) is 3.23. The molecule has 2 aromatic heterocycles. The number of benzene rings is 1. The minimum Gasteiger partial charge on any atom is -0.465 e. The first-order chi connectivity index (χ1) is 10.7. The second-order valence-corrected chi connectivity index (χ2v) is 4.66. The van der Waals surface area contributed by atoms with Crippen LogP contribution in [0.15, 0.2) is 58.9 Å². The number of carbonyl (C=O) groups is 1. The van der Waals surface area contributed by atoms with Crippen molar-refractivity contribution in [1.29, 1.82) is 0 Å². The zero-order valence-corrected chi connectivity index (χ0v) is 12.2. The van der Waals surface area contributed by atoms with Crippen LogP contribution in [0, 0.1) is 6.92 Å². The molecule has 2 heterocycles. The van der Waals surface area contributed by atoms with Gasteiger partial charge in [-0.15, -0.1) is 10.2 Å². The smallest absolute Gasteiger partial charge is 0.340 e. The van der Waals surface area contributed by atoms with Gasteiger partial charge < -0.3 is 4.74 Å². The lowest BCUT2D eigenvalue weighted by molar-refractivity contribution is 0.0601. The maximum atomic E-state index is 11.7. The number of aromatic nitrogens is 2. The molecule has 0 saturated heterocycles. The Labute approximate surface area is 127 Å². The van der Waals surface area contributed by atoms with Crippen molar-refractivity contribution < 1.29 is 9.53 Å². The molecule has 3 aromatic rings. The van der Waals surface area contributed by atoms with E-state index in [1.54, 1.807) is 24.3 Å². The highest BCUT2D eigenvalue weighted by molar-refractivity contribution is 5.94. The highest BCUT2D eigenvalue weighted by Crippen LogP contribution is 2.25. The number of nitrogens with zero attached hydrogens (tertiary/aromatic N) is 4. The number of hydrogen-bond acceptors (Lipinski definition) is 5. The Balaban J connectivity index is 2.04. The minimum absolute atomic E-state index is 0.375. The van der Waals surface area contributed by atoms with Gasteiger partial charge in [0, 0.05) is 6.20 Å². The van der Waals surface area contributed by atoms with E-state index in [2.05, 4.69) is 15.2 Å². The summed E-state index contributed by atoms with van der Waals surface area (Å²) in [6, 6.07) is 12.6. The van der Waals surface area contributed by atoms with Crippen LogP contribution in [-0.4, -0.2) is 22.5 Å². The fourth-order valence-electron chi connectivity index (χ4n) is 2.17. The second kappa shape index (κ2) is 5.77. The lowest BCUT2D eigenvalue weighted by atomic mass is 10.2. The van der Waals surface area contributed by atoms with Crippen LogP contribution in [0.2, 0.25) is 0 Å². The van der Waals surface area contributed by atoms with E-state index in [0.29, 0.717) is 17.1 Å². The molecular formula is C16H14N4O2. The summed E-state index contributed by atoms with van der Waals surface area (Å²) in [4.78, 5) is 16.2. The number of esters is 1. The molecule has 0 saturated carbocycles. The van der Waals surface area contributed by atoms with Gasteiger partial charge >= 0.3 is 5.97 Å². The van der Waals surface area contributed by atoms with Gasteiger partial charge in [0.05, 0.1) is 18.4 Å². The molecule has 0 spiro atoms. The zero-order chi connectivity index (χ0) is 15.5. The van der Waals surface area contributed by atoms with Crippen LogP contribution in [-0.2, 0) is 4.74 Å². The fraction of sp³-hybridized carbons (Fsp3) is 0.125. The number of rotatable bonds is 3. The molecule has 6 nitrogen and oxygen atoms in total.